The van der Waals surface area contributed by atoms with E-state index < -0.39 is 0 Å². The molecule has 2 atom stereocenters. The van der Waals surface area contributed by atoms with Crippen molar-refractivity contribution in [3.8, 4) is 11.5 Å². The van der Waals surface area contributed by atoms with E-state index in [1.807, 2.05) is 18.2 Å². The summed E-state index contributed by atoms with van der Waals surface area (Å²) in [5.41, 5.74) is 6.81. The van der Waals surface area contributed by atoms with Crippen molar-refractivity contribution in [3.63, 3.8) is 0 Å². The van der Waals surface area contributed by atoms with E-state index in [2.05, 4.69) is 11.9 Å². The van der Waals surface area contributed by atoms with Gasteiger partial charge in [0.05, 0.1) is 12.2 Å². The molecular formula is C13H18N2O3. The molecule has 0 aliphatic carbocycles. The number of benzene rings is 1. The Morgan fingerprint density at radius 1 is 1.28 bits per heavy atom. The van der Waals surface area contributed by atoms with Crippen LogP contribution in [-0.4, -0.2) is 44.5 Å². The van der Waals surface area contributed by atoms with E-state index in [0.717, 1.165) is 30.2 Å². The molecule has 2 aliphatic heterocycles. The van der Waals surface area contributed by atoms with Crippen LogP contribution in [0.3, 0.4) is 0 Å². The van der Waals surface area contributed by atoms with Crippen molar-refractivity contribution in [3.05, 3.63) is 23.8 Å². The predicted octanol–water partition coefficient (Wildman–Crippen LogP) is 0.746. The molecule has 1 aromatic carbocycles. The molecule has 0 radical (unpaired) electrons. The lowest BCUT2D eigenvalue weighted by Gasteiger charge is -2.35. The number of ether oxygens (including phenoxy) is 3. The van der Waals surface area contributed by atoms with Crippen LogP contribution in [0, 0.1) is 0 Å². The Hall–Kier alpha value is -1.30. The molecule has 5 nitrogen and oxygen atoms in total. The zero-order chi connectivity index (χ0) is 12.5. The molecule has 2 N–H and O–H groups in total. The molecular weight excluding hydrogens is 232 g/mol. The molecule has 1 fully saturated rings. The largest absolute Gasteiger partial charge is 0.454 e. The van der Waals surface area contributed by atoms with Crippen molar-refractivity contribution in [2.45, 2.75) is 12.2 Å². The summed E-state index contributed by atoms with van der Waals surface area (Å²) in [4.78, 5) is 2.25. The molecule has 0 spiro atoms. The summed E-state index contributed by atoms with van der Waals surface area (Å²) in [5.74, 6) is 1.60. The van der Waals surface area contributed by atoms with Gasteiger partial charge in [0.15, 0.2) is 11.5 Å². The first-order valence-corrected chi connectivity index (χ1v) is 6.20. The molecule has 3 rings (SSSR count). The first-order valence-electron chi connectivity index (χ1n) is 6.20. The van der Waals surface area contributed by atoms with E-state index in [1.54, 1.807) is 0 Å². The summed E-state index contributed by atoms with van der Waals surface area (Å²) in [5, 5.41) is 0. The Kier molecular flexibility index (Phi) is 3.11. The van der Waals surface area contributed by atoms with E-state index in [-0.39, 0.29) is 12.2 Å². The lowest BCUT2D eigenvalue weighted by molar-refractivity contribution is -0.0756. The summed E-state index contributed by atoms with van der Waals surface area (Å²) < 4.78 is 16.7. The third-order valence-electron chi connectivity index (χ3n) is 3.38. The summed E-state index contributed by atoms with van der Waals surface area (Å²) in [6, 6.07) is 5.97. The fourth-order valence-electron chi connectivity index (χ4n) is 2.45. The van der Waals surface area contributed by atoms with Crippen molar-refractivity contribution < 1.29 is 14.2 Å². The SMILES string of the molecule is CN1CC(c2ccc3c(c2)OCO3)O[C@H](CN)C1. The van der Waals surface area contributed by atoms with Gasteiger partial charge in [-0.25, -0.2) is 0 Å². The number of hydrogen-bond donors (Lipinski definition) is 1. The van der Waals surface area contributed by atoms with Crippen LogP contribution in [0.2, 0.25) is 0 Å². The van der Waals surface area contributed by atoms with Crippen LogP contribution < -0.4 is 15.2 Å². The average molecular weight is 250 g/mol. The third-order valence-corrected chi connectivity index (χ3v) is 3.38. The molecule has 18 heavy (non-hydrogen) atoms. The van der Waals surface area contributed by atoms with E-state index in [9.17, 15) is 0 Å². The van der Waals surface area contributed by atoms with Crippen LogP contribution in [0.25, 0.3) is 0 Å². The van der Waals surface area contributed by atoms with Crippen LogP contribution >= 0.6 is 0 Å². The highest BCUT2D eigenvalue weighted by molar-refractivity contribution is 5.45. The summed E-state index contributed by atoms with van der Waals surface area (Å²) in [6.07, 6.45) is 0.144. The number of fused-ring (bicyclic) bond motifs is 1. The fourth-order valence-corrected chi connectivity index (χ4v) is 2.45. The van der Waals surface area contributed by atoms with Gasteiger partial charge in [0.1, 0.15) is 0 Å². The van der Waals surface area contributed by atoms with Crippen molar-refractivity contribution in [2.75, 3.05) is 33.5 Å². The molecule has 2 aliphatic rings. The molecule has 0 amide bonds. The minimum Gasteiger partial charge on any atom is -0.454 e. The standard InChI is InChI=1S/C13H18N2O3/c1-15-6-10(5-14)18-13(7-15)9-2-3-11-12(4-9)17-8-16-11/h2-4,10,13H,5-8,14H2,1H3/t10-,13?/m1/s1. The molecule has 1 aromatic rings. The molecule has 0 bridgehead atoms. The number of nitrogens with zero attached hydrogens (tertiary/aromatic N) is 1. The zero-order valence-corrected chi connectivity index (χ0v) is 10.5. The maximum Gasteiger partial charge on any atom is 0.231 e. The van der Waals surface area contributed by atoms with Crippen LogP contribution in [-0.2, 0) is 4.74 Å². The predicted molar refractivity (Wildman–Crippen MR) is 66.7 cm³/mol. The Morgan fingerprint density at radius 2 is 2.11 bits per heavy atom. The number of hydrogen-bond acceptors (Lipinski definition) is 5. The third kappa shape index (κ3) is 2.16. The van der Waals surface area contributed by atoms with Crippen molar-refractivity contribution in [1.29, 1.82) is 0 Å². The first kappa shape index (κ1) is 11.8. The van der Waals surface area contributed by atoms with Gasteiger partial charge in [-0.1, -0.05) is 6.07 Å². The van der Waals surface area contributed by atoms with E-state index in [4.69, 9.17) is 19.9 Å². The van der Waals surface area contributed by atoms with Gasteiger partial charge in [0.2, 0.25) is 6.79 Å². The molecule has 1 unspecified atom stereocenters. The van der Waals surface area contributed by atoms with E-state index in [1.165, 1.54) is 0 Å². The number of nitrogens with two attached hydrogens (primary N) is 1. The summed E-state index contributed by atoms with van der Waals surface area (Å²) in [7, 11) is 2.09. The Bertz CT molecular complexity index is 438. The van der Waals surface area contributed by atoms with Crippen molar-refractivity contribution in [2.24, 2.45) is 5.73 Å². The molecule has 1 saturated heterocycles. The Morgan fingerprint density at radius 3 is 2.94 bits per heavy atom. The fraction of sp³-hybridized carbons (Fsp3) is 0.538. The monoisotopic (exact) mass is 250 g/mol. The minimum absolute atomic E-state index is 0.0480. The summed E-state index contributed by atoms with van der Waals surface area (Å²) in [6.45, 7) is 2.61. The highest BCUT2D eigenvalue weighted by atomic mass is 16.7. The second-order valence-corrected chi connectivity index (χ2v) is 4.82. The summed E-state index contributed by atoms with van der Waals surface area (Å²) >= 11 is 0. The zero-order valence-electron chi connectivity index (χ0n) is 10.5. The molecule has 5 heteroatoms. The van der Waals surface area contributed by atoms with Gasteiger partial charge in [-0.05, 0) is 24.7 Å². The van der Waals surface area contributed by atoms with Crippen LogP contribution in [0.15, 0.2) is 18.2 Å². The lowest BCUT2D eigenvalue weighted by Crippen LogP contribution is -2.45. The molecule has 2 heterocycles. The maximum atomic E-state index is 5.99. The normalized spacial score (nSPS) is 27.4. The van der Waals surface area contributed by atoms with Gasteiger partial charge < -0.3 is 24.8 Å². The first-order chi connectivity index (χ1) is 8.76. The number of rotatable bonds is 2. The molecule has 98 valence electrons. The smallest absolute Gasteiger partial charge is 0.231 e. The minimum atomic E-state index is 0.0480. The second-order valence-electron chi connectivity index (χ2n) is 4.82. The Balaban J connectivity index is 1.81. The maximum absolute atomic E-state index is 5.99. The molecule has 0 saturated carbocycles. The molecule has 0 aromatic heterocycles. The quantitative estimate of drug-likeness (QED) is 0.839. The highest BCUT2D eigenvalue weighted by Crippen LogP contribution is 2.36. The van der Waals surface area contributed by atoms with Gasteiger partial charge >= 0.3 is 0 Å². The van der Waals surface area contributed by atoms with Crippen LogP contribution in [0.5, 0.6) is 11.5 Å². The highest BCUT2D eigenvalue weighted by Gasteiger charge is 2.27. The lowest BCUT2D eigenvalue weighted by atomic mass is 10.1. The number of likely N-dealkylation sites (N-methyl/N-ethyl adjacent to an activating group) is 1. The average Bonchev–Trinajstić information content (AvgIpc) is 2.85. The van der Waals surface area contributed by atoms with Gasteiger partial charge in [-0.2, -0.15) is 0 Å². The number of morpholine rings is 1. The topological polar surface area (TPSA) is 57.0 Å². The van der Waals surface area contributed by atoms with Gasteiger partial charge in [-0.15, -0.1) is 0 Å². The van der Waals surface area contributed by atoms with Crippen molar-refractivity contribution in [1.82, 2.24) is 4.90 Å². The van der Waals surface area contributed by atoms with Gasteiger partial charge in [-0.3, -0.25) is 0 Å². The van der Waals surface area contributed by atoms with Crippen LogP contribution in [0.1, 0.15) is 11.7 Å². The second kappa shape index (κ2) is 4.76. The van der Waals surface area contributed by atoms with Crippen molar-refractivity contribution >= 4 is 0 Å². The van der Waals surface area contributed by atoms with Gasteiger partial charge in [0, 0.05) is 19.6 Å². The Labute approximate surface area is 106 Å². The van der Waals surface area contributed by atoms with E-state index >= 15 is 0 Å². The van der Waals surface area contributed by atoms with Crippen LogP contribution in [0.4, 0.5) is 0 Å². The van der Waals surface area contributed by atoms with Gasteiger partial charge in [0.25, 0.3) is 0 Å². The van der Waals surface area contributed by atoms with E-state index in [0.29, 0.717) is 13.3 Å².